The third-order valence-electron chi connectivity index (χ3n) is 5.14. The van der Waals surface area contributed by atoms with E-state index in [0.29, 0.717) is 18.9 Å². The van der Waals surface area contributed by atoms with Gasteiger partial charge in [0.2, 0.25) is 5.91 Å². The summed E-state index contributed by atoms with van der Waals surface area (Å²) < 4.78 is 5.39. The predicted molar refractivity (Wildman–Crippen MR) is 90.5 cm³/mol. The molecule has 0 saturated carbocycles. The number of carbonyl (C=O) groups excluding carboxylic acids is 1. The molecule has 132 valence electrons. The first kappa shape index (κ1) is 17.3. The maximum atomic E-state index is 12.5. The van der Waals surface area contributed by atoms with Crippen molar-refractivity contribution in [2.24, 2.45) is 11.8 Å². The van der Waals surface area contributed by atoms with Gasteiger partial charge in [-0.2, -0.15) is 0 Å². The van der Waals surface area contributed by atoms with E-state index in [0.717, 1.165) is 51.4 Å². The largest absolute Gasteiger partial charge is 0.396 e. The van der Waals surface area contributed by atoms with E-state index in [9.17, 15) is 9.90 Å². The van der Waals surface area contributed by atoms with Crippen molar-refractivity contribution in [3.8, 4) is 0 Å². The second-order valence-corrected chi connectivity index (χ2v) is 6.77. The van der Waals surface area contributed by atoms with Gasteiger partial charge < -0.3 is 14.7 Å². The van der Waals surface area contributed by atoms with E-state index in [-0.39, 0.29) is 18.4 Å². The van der Waals surface area contributed by atoms with Crippen LogP contribution in [0.25, 0.3) is 0 Å². The molecular formula is C18H27N3O3. The van der Waals surface area contributed by atoms with Crippen molar-refractivity contribution < 1.29 is 14.6 Å². The highest BCUT2D eigenvalue weighted by Crippen LogP contribution is 2.25. The Balaban J connectivity index is 1.50. The summed E-state index contributed by atoms with van der Waals surface area (Å²) in [5, 5.41) is 9.69. The summed E-state index contributed by atoms with van der Waals surface area (Å²) in [7, 11) is 0. The lowest BCUT2D eigenvalue weighted by Gasteiger charge is -2.30. The van der Waals surface area contributed by atoms with Gasteiger partial charge in [-0.3, -0.25) is 14.7 Å². The molecule has 1 aromatic rings. The minimum absolute atomic E-state index is 0.156. The van der Waals surface area contributed by atoms with Crippen LogP contribution in [0.5, 0.6) is 0 Å². The zero-order valence-electron chi connectivity index (χ0n) is 14.1. The number of rotatable bonds is 6. The fourth-order valence-electron chi connectivity index (χ4n) is 3.63. The normalized spacial score (nSPS) is 25.1. The summed E-state index contributed by atoms with van der Waals surface area (Å²) in [6.45, 7) is 6.01. The molecule has 2 saturated heterocycles. The van der Waals surface area contributed by atoms with Gasteiger partial charge in [0.25, 0.3) is 0 Å². The molecule has 0 aromatic carbocycles. The van der Waals surface area contributed by atoms with Crippen LogP contribution < -0.4 is 0 Å². The zero-order chi connectivity index (χ0) is 16.8. The molecule has 0 bridgehead atoms. The number of nitrogens with zero attached hydrogens (tertiary/aromatic N) is 3. The Morgan fingerprint density at radius 3 is 2.62 bits per heavy atom. The Bertz CT molecular complexity index is 520. The van der Waals surface area contributed by atoms with Crippen LogP contribution in [-0.4, -0.2) is 78.3 Å². The van der Waals surface area contributed by atoms with E-state index in [4.69, 9.17) is 4.74 Å². The molecule has 2 fully saturated rings. The number of morpholine rings is 1. The molecule has 0 radical (unpaired) electrons. The number of aryl methyl sites for hydroxylation is 1. The molecule has 2 aliphatic rings. The average molecular weight is 333 g/mol. The van der Waals surface area contributed by atoms with E-state index in [1.165, 1.54) is 0 Å². The fourth-order valence-corrected chi connectivity index (χ4v) is 3.63. The lowest BCUT2D eigenvalue weighted by atomic mass is 9.96. The molecule has 3 rings (SSSR count). The van der Waals surface area contributed by atoms with Crippen LogP contribution in [0.3, 0.4) is 0 Å². The van der Waals surface area contributed by atoms with E-state index in [2.05, 4.69) is 9.88 Å². The average Bonchev–Trinajstić information content (AvgIpc) is 3.04. The highest BCUT2D eigenvalue weighted by atomic mass is 16.5. The van der Waals surface area contributed by atoms with Gasteiger partial charge in [-0.1, -0.05) is 0 Å². The molecule has 2 unspecified atom stereocenters. The smallest absolute Gasteiger partial charge is 0.222 e. The molecule has 3 heterocycles. The Morgan fingerprint density at radius 2 is 1.92 bits per heavy atom. The molecule has 2 atom stereocenters. The van der Waals surface area contributed by atoms with Crippen LogP contribution in [-0.2, 0) is 16.0 Å². The van der Waals surface area contributed by atoms with E-state index in [1.807, 2.05) is 17.0 Å². The number of amides is 1. The first-order chi connectivity index (χ1) is 11.8. The van der Waals surface area contributed by atoms with Crippen molar-refractivity contribution in [2.45, 2.75) is 12.8 Å². The standard InChI is InChI=1S/C18H27N3O3/c22-14-17-13-21(12-16(17)11-20-7-9-24-10-8-20)18(23)2-1-15-3-5-19-6-4-15/h3-6,16-17,22H,1-2,7-14H2. The Morgan fingerprint density at radius 1 is 1.21 bits per heavy atom. The van der Waals surface area contributed by atoms with Crippen LogP contribution >= 0.6 is 0 Å². The van der Waals surface area contributed by atoms with Crippen molar-refractivity contribution in [1.29, 1.82) is 0 Å². The quantitative estimate of drug-likeness (QED) is 0.817. The maximum Gasteiger partial charge on any atom is 0.222 e. The van der Waals surface area contributed by atoms with Crippen LogP contribution in [0.1, 0.15) is 12.0 Å². The topological polar surface area (TPSA) is 65.9 Å². The van der Waals surface area contributed by atoms with Gasteiger partial charge >= 0.3 is 0 Å². The van der Waals surface area contributed by atoms with Crippen molar-refractivity contribution in [3.63, 3.8) is 0 Å². The van der Waals surface area contributed by atoms with Crippen molar-refractivity contribution >= 4 is 5.91 Å². The molecule has 2 aliphatic heterocycles. The number of likely N-dealkylation sites (tertiary alicyclic amines) is 1. The minimum Gasteiger partial charge on any atom is -0.396 e. The Labute approximate surface area is 143 Å². The second kappa shape index (κ2) is 8.55. The number of ether oxygens (including phenoxy) is 1. The third kappa shape index (κ3) is 4.53. The highest BCUT2D eigenvalue weighted by Gasteiger charge is 2.35. The van der Waals surface area contributed by atoms with Gasteiger partial charge in [-0.15, -0.1) is 0 Å². The summed E-state index contributed by atoms with van der Waals surface area (Å²) in [6, 6.07) is 3.91. The zero-order valence-corrected chi connectivity index (χ0v) is 14.1. The van der Waals surface area contributed by atoms with Gasteiger partial charge in [-0.05, 0) is 30.0 Å². The number of aromatic nitrogens is 1. The first-order valence-corrected chi connectivity index (χ1v) is 8.84. The van der Waals surface area contributed by atoms with Crippen molar-refractivity contribution in [2.75, 3.05) is 52.5 Å². The Kier molecular flexibility index (Phi) is 6.18. The second-order valence-electron chi connectivity index (χ2n) is 6.77. The fraction of sp³-hybridized carbons (Fsp3) is 0.667. The lowest BCUT2D eigenvalue weighted by Crippen LogP contribution is -2.41. The van der Waals surface area contributed by atoms with Crippen LogP contribution in [0.15, 0.2) is 24.5 Å². The van der Waals surface area contributed by atoms with Crippen LogP contribution in [0, 0.1) is 11.8 Å². The number of aliphatic hydroxyl groups is 1. The molecule has 1 amide bonds. The first-order valence-electron chi connectivity index (χ1n) is 8.84. The number of aliphatic hydroxyl groups excluding tert-OH is 1. The summed E-state index contributed by atoms with van der Waals surface area (Å²) in [4.78, 5) is 20.8. The molecular weight excluding hydrogens is 306 g/mol. The van der Waals surface area contributed by atoms with Gasteiger partial charge in [0.1, 0.15) is 0 Å². The number of pyridine rings is 1. The van der Waals surface area contributed by atoms with E-state index >= 15 is 0 Å². The molecule has 1 aromatic heterocycles. The van der Waals surface area contributed by atoms with Gasteiger partial charge in [0, 0.05) is 64.1 Å². The van der Waals surface area contributed by atoms with Crippen LogP contribution in [0.4, 0.5) is 0 Å². The van der Waals surface area contributed by atoms with Gasteiger partial charge in [0.05, 0.1) is 13.2 Å². The molecule has 6 heteroatoms. The number of hydrogen-bond acceptors (Lipinski definition) is 5. The Hall–Kier alpha value is -1.50. The monoisotopic (exact) mass is 333 g/mol. The summed E-state index contributed by atoms with van der Waals surface area (Å²) in [5.74, 6) is 0.741. The number of carbonyl (C=O) groups is 1. The summed E-state index contributed by atoms with van der Waals surface area (Å²) in [5.41, 5.74) is 1.14. The molecule has 0 aliphatic carbocycles. The van der Waals surface area contributed by atoms with Crippen molar-refractivity contribution in [1.82, 2.24) is 14.8 Å². The van der Waals surface area contributed by atoms with Gasteiger partial charge in [-0.25, -0.2) is 0 Å². The molecule has 1 N–H and O–H groups in total. The lowest BCUT2D eigenvalue weighted by molar-refractivity contribution is -0.130. The van der Waals surface area contributed by atoms with Crippen LogP contribution in [0.2, 0.25) is 0 Å². The SMILES string of the molecule is O=C(CCc1ccncc1)N1CC(CO)C(CN2CCOCC2)C1. The summed E-state index contributed by atoms with van der Waals surface area (Å²) >= 11 is 0. The maximum absolute atomic E-state index is 12.5. The number of hydrogen-bond donors (Lipinski definition) is 1. The third-order valence-corrected chi connectivity index (χ3v) is 5.14. The minimum atomic E-state index is 0.156. The van der Waals surface area contributed by atoms with E-state index < -0.39 is 0 Å². The molecule has 0 spiro atoms. The molecule has 24 heavy (non-hydrogen) atoms. The highest BCUT2D eigenvalue weighted by molar-refractivity contribution is 5.76. The molecule has 6 nitrogen and oxygen atoms in total. The predicted octanol–water partition coefficient (Wildman–Crippen LogP) is 0.413. The summed E-state index contributed by atoms with van der Waals surface area (Å²) in [6.07, 6.45) is 4.79. The van der Waals surface area contributed by atoms with Gasteiger partial charge in [0.15, 0.2) is 0 Å². The van der Waals surface area contributed by atoms with E-state index in [1.54, 1.807) is 12.4 Å². The van der Waals surface area contributed by atoms with Crippen molar-refractivity contribution in [3.05, 3.63) is 30.1 Å².